The van der Waals surface area contributed by atoms with Crippen molar-refractivity contribution in [1.82, 2.24) is 29.7 Å². The fourth-order valence-electron chi connectivity index (χ4n) is 4.86. The van der Waals surface area contributed by atoms with Crippen molar-refractivity contribution < 1.29 is 57.6 Å². The molecule has 0 unspecified atom stereocenters. The molecule has 24 nitrogen and oxygen atoms in total. The Balaban J connectivity index is 0.000000292. The van der Waals surface area contributed by atoms with Gasteiger partial charge in [-0.1, -0.05) is 34.6 Å². The Kier molecular flexibility index (Phi) is 22.3. The highest BCUT2D eigenvalue weighted by atomic mass is 16.6. The van der Waals surface area contributed by atoms with Crippen LogP contribution in [0.2, 0.25) is 0 Å². The number of carboxylic acid groups (broad SMARTS) is 1. The van der Waals surface area contributed by atoms with E-state index < -0.39 is 18.2 Å². The normalized spacial score (nSPS) is 10.7. The number of nitrogens with two attached hydrogens (primary N) is 1. The van der Waals surface area contributed by atoms with E-state index in [1.54, 1.807) is 63.4 Å². The van der Waals surface area contributed by atoms with Crippen molar-refractivity contribution in [2.75, 3.05) is 71.1 Å². The number of amidine groups is 1. The van der Waals surface area contributed by atoms with E-state index >= 15 is 0 Å². The molecule has 344 valence electrons. The van der Waals surface area contributed by atoms with E-state index in [0.29, 0.717) is 49.4 Å². The molecule has 0 bridgehead atoms. The Morgan fingerprint density at radius 1 is 0.766 bits per heavy atom. The lowest BCUT2D eigenvalue weighted by Crippen LogP contribution is -2.27. The van der Waals surface area contributed by atoms with E-state index in [1.807, 2.05) is 6.07 Å². The van der Waals surface area contributed by atoms with Crippen LogP contribution < -0.4 is 27.5 Å². The van der Waals surface area contributed by atoms with Gasteiger partial charge in [0.25, 0.3) is 17.0 Å². The van der Waals surface area contributed by atoms with Gasteiger partial charge in [0.1, 0.15) is 24.6 Å². The van der Waals surface area contributed by atoms with E-state index in [0.717, 1.165) is 11.1 Å². The van der Waals surface area contributed by atoms with Crippen LogP contribution in [0.3, 0.4) is 0 Å². The van der Waals surface area contributed by atoms with Gasteiger partial charge in [-0.05, 0) is 61.4 Å². The minimum atomic E-state index is -0.953. The van der Waals surface area contributed by atoms with Gasteiger partial charge < -0.3 is 49.0 Å². The molecule has 5 aromatic rings. The van der Waals surface area contributed by atoms with E-state index in [1.165, 1.54) is 40.7 Å². The summed E-state index contributed by atoms with van der Waals surface area (Å²) in [5.41, 5.74) is 7.99. The first-order valence-electron chi connectivity index (χ1n) is 19.3. The molecule has 3 heterocycles. The quantitative estimate of drug-likeness (QED) is 0.0246. The topological polar surface area (TPSA) is 318 Å². The molecule has 0 saturated carbocycles. The maximum atomic E-state index is 12.3. The predicted molar refractivity (Wildman–Crippen MR) is 227 cm³/mol. The van der Waals surface area contributed by atoms with E-state index in [-0.39, 0.29) is 68.0 Å². The molecule has 0 fully saturated rings. The summed E-state index contributed by atoms with van der Waals surface area (Å²) >= 11 is 0. The Morgan fingerprint density at radius 3 is 1.84 bits per heavy atom. The standard InChI is InChI=1S/C20H23N5O6.C15H17N5O4.C5H10O4/c1-3-30-20(27)21-15-6-4-5-14(11-15)12-25-18(26)8-7-16(23-25)19-22-17(31-24-19)13-29-10-9-28-2;1-2-24-15(22)17-11-5-3-4-10(8-11)9-20-13(21)7-6-12(18-20)14(16)19-23;1-8-2-3-9-4-5(6)7/h4-8,11H,3,9-10,12-13H2,1-2H3,(H,21,27);3-8,23H,2,9H2,1H3,(H2,16,19)(H,17,22);2-4H2,1H3,(H,6,7). The molecule has 64 heavy (non-hydrogen) atoms. The molecule has 0 aliphatic heterocycles. The third kappa shape index (κ3) is 18.6. The molecule has 0 aliphatic rings. The molecular formula is C40H50N10O14. The fourth-order valence-corrected chi connectivity index (χ4v) is 4.86. The number of hydrogen-bond acceptors (Lipinski definition) is 18. The number of carboxylic acids is 1. The van der Waals surface area contributed by atoms with Crippen LogP contribution in [0.15, 0.2) is 92.1 Å². The minimum Gasteiger partial charge on any atom is -0.480 e. The highest BCUT2D eigenvalue weighted by Gasteiger charge is 2.13. The number of hydrogen-bond donors (Lipinski definition) is 5. The molecule has 0 spiro atoms. The number of carbonyl (C=O) groups excluding carboxylic acids is 2. The van der Waals surface area contributed by atoms with Crippen LogP contribution >= 0.6 is 0 Å². The summed E-state index contributed by atoms with van der Waals surface area (Å²) in [7, 11) is 3.12. The molecule has 0 atom stereocenters. The summed E-state index contributed by atoms with van der Waals surface area (Å²) < 4.78 is 36.8. The van der Waals surface area contributed by atoms with Gasteiger partial charge in [0.05, 0.1) is 52.7 Å². The van der Waals surface area contributed by atoms with Gasteiger partial charge in [0.15, 0.2) is 5.84 Å². The number of rotatable bonds is 20. The SMILES string of the molecule is CCOC(=O)Nc1cccc(Cn2nc(-c3noc(COCCOC)n3)ccc2=O)c1.CCOC(=O)Nc1cccc(Cn2nc(/C(N)=N/O)ccc2=O)c1.COCCOCC(=O)O. The zero-order valence-corrected chi connectivity index (χ0v) is 35.5. The first-order valence-corrected chi connectivity index (χ1v) is 19.3. The molecule has 0 radical (unpaired) electrons. The molecule has 0 aliphatic carbocycles. The summed E-state index contributed by atoms with van der Waals surface area (Å²) in [6, 6.07) is 19.5. The zero-order valence-electron chi connectivity index (χ0n) is 35.5. The van der Waals surface area contributed by atoms with E-state index in [2.05, 4.69) is 45.6 Å². The summed E-state index contributed by atoms with van der Waals surface area (Å²) in [5, 5.41) is 37.0. The Hall–Kier alpha value is -7.54. The number of nitrogens with one attached hydrogen (secondary N) is 2. The van der Waals surface area contributed by atoms with Gasteiger partial charge in [-0.25, -0.2) is 23.7 Å². The molecule has 2 aromatic carbocycles. The second-order valence-electron chi connectivity index (χ2n) is 12.5. The number of aromatic nitrogens is 6. The number of ether oxygens (including phenoxy) is 6. The number of methoxy groups -OCH3 is 2. The zero-order chi connectivity index (χ0) is 46.7. The molecule has 5 rings (SSSR count). The van der Waals surface area contributed by atoms with Gasteiger partial charge >= 0.3 is 18.2 Å². The number of nitrogens with zero attached hydrogens (tertiary/aromatic N) is 7. The summed E-state index contributed by atoms with van der Waals surface area (Å²) in [5.74, 6) is -0.604. The van der Waals surface area contributed by atoms with Crippen molar-refractivity contribution >= 4 is 35.4 Å². The molecule has 6 N–H and O–H groups in total. The number of aliphatic carboxylic acids is 1. The maximum absolute atomic E-state index is 12.3. The average Bonchev–Trinajstić information content (AvgIpc) is 3.75. The molecular weight excluding hydrogens is 844 g/mol. The lowest BCUT2D eigenvalue weighted by molar-refractivity contribution is -0.142. The molecule has 3 aromatic heterocycles. The highest BCUT2D eigenvalue weighted by Crippen LogP contribution is 2.15. The second kappa shape index (κ2) is 28.1. The monoisotopic (exact) mass is 894 g/mol. The van der Waals surface area contributed by atoms with Crippen molar-refractivity contribution in [2.45, 2.75) is 33.5 Å². The van der Waals surface area contributed by atoms with Crippen LogP contribution in [0, 0.1) is 0 Å². The largest absolute Gasteiger partial charge is 0.480 e. The van der Waals surface area contributed by atoms with Crippen molar-refractivity contribution in [2.24, 2.45) is 10.9 Å². The maximum Gasteiger partial charge on any atom is 0.411 e. The van der Waals surface area contributed by atoms with Crippen molar-refractivity contribution in [3.05, 3.63) is 116 Å². The molecule has 2 amide bonds. The van der Waals surface area contributed by atoms with Crippen molar-refractivity contribution in [1.29, 1.82) is 0 Å². The Morgan fingerprint density at radius 2 is 1.31 bits per heavy atom. The van der Waals surface area contributed by atoms with Gasteiger partial charge in [0.2, 0.25) is 5.82 Å². The number of carbonyl (C=O) groups is 3. The third-order valence-corrected chi connectivity index (χ3v) is 7.68. The smallest absolute Gasteiger partial charge is 0.411 e. The van der Waals surface area contributed by atoms with Crippen LogP contribution in [-0.2, 0) is 52.9 Å². The van der Waals surface area contributed by atoms with Crippen LogP contribution in [0.25, 0.3) is 11.5 Å². The number of benzene rings is 2. The predicted octanol–water partition coefficient (Wildman–Crippen LogP) is 2.76. The first kappa shape index (κ1) is 50.8. The van der Waals surface area contributed by atoms with Crippen LogP contribution in [0.4, 0.5) is 21.0 Å². The molecule has 24 heteroatoms. The summed E-state index contributed by atoms with van der Waals surface area (Å²) in [6.07, 6.45) is -1.10. The highest BCUT2D eigenvalue weighted by molar-refractivity contribution is 5.94. The number of anilines is 2. The third-order valence-electron chi connectivity index (χ3n) is 7.68. The van der Waals surface area contributed by atoms with Crippen molar-refractivity contribution in [3.63, 3.8) is 0 Å². The van der Waals surface area contributed by atoms with Crippen molar-refractivity contribution in [3.8, 4) is 11.5 Å². The minimum absolute atomic E-state index is 0.149. The van der Waals surface area contributed by atoms with Crippen LogP contribution in [-0.4, -0.2) is 124 Å². The van der Waals surface area contributed by atoms with E-state index in [4.69, 9.17) is 39.5 Å². The Labute approximate surface area is 365 Å². The number of amides is 2. The molecule has 0 saturated heterocycles. The summed E-state index contributed by atoms with van der Waals surface area (Å²) in [4.78, 5) is 61.3. The fraction of sp³-hybridized carbons (Fsp3) is 0.350. The summed E-state index contributed by atoms with van der Waals surface area (Å²) in [6.45, 7) is 5.87. The number of oxime groups is 1. The lowest BCUT2D eigenvalue weighted by atomic mass is 10.2. The van der Waals surface area contributed by atoms with Gasteiger partial charge in [-0.2, -0.15) is 15.2 Å². The Bertz CT molecular complexity index is 2380. The lowest BCUT2D eigenvalue weighted by Gasteiger charge is -2.09. The second-order valence-corrected chi connectivity index (χ2v) is 12.5. The average molecular weight is 895 g/mol. The van der Waals surface area contributed by atoms with Gasteiger partial charge in [-0.15, -0.1) is 0 Å². The van der Waals surface area contributed by atoms with Gasteiger partial charge in [0, 0.05) is 37.7 Å². The van der Waals surface area contributed by atoms with Crippen LogP contribution in [0.5, 0.6) is 0 Å². The van der Waals surface area contributed by atoms with E-state index in [9.17, 15) is 24.0 Å². The van der Waals surface area contributed by atoms with Crippen LogP contribution in [0.1, 0.15) is 36.6 Å². The van der Waals surface area contributed by atoms with Gasteiger partial charge in [-0.3, -0.25) is 20.2 Å². The first-order chi connectivity index (χ1) is 30.9.